The summed E-state index contributed by atoms with van der Waals surface area (Å²) in [4.78, 5) is 31.0. The number of alkyl halides is 3. The summed E-state index contributed by atoms with van der Waals surface area (Å²) < 4.78 is 49.3. The van der Waals surface area contributed by atoms with E-state index >= 15 is 0 Å². The van der Waals surface area contributed by atoms with Gasteiger partial charge in [-0.05, 0) is 61.2 Å². The third kappa shape index (κ3) is 10.9. The molecule has 6 rings (SSSR count). The number of benzene rings is 2. The molecule has 0 radical (unpaired) electrons. The Bertz CT molecular complexity index is 1570. The molecule has 1 amide bonds. The number of carboxylic acids is 1. The molecule has 1 spiro atoms. The fourth-order valence-corrected chi connectivity index (χ4v) is 7.15. The largest absolute Gasteiger partial charge is 0.494 e. The van der Waals surface area contributed by atoms with Crippen molar-refractivity contribution in [3.05, 3.63) is 63.5 Å². The average Bonchev–Trinajstić information content (AvgIpc) is 3.77. The zero-order valence-corrected chi connectivity index (χ0v) is 29.6. The molecule has 2 aromatic carbocycles. The van der Waals surface area contributed by atoms with Crippen LogP contribution in [0.5, 0.6) is 5.75 Å². The fourth-order valence-electron chi connectivity index (χ4n) is 5.94. The summed E-state index contributed by atoms with van der Waals surface area (Å²) in [6.07, 6.45) is -0.322. The zero-order valence-electron chi connectivity index (χ0n) is 27.2. The number of carboxylic acid groups (broad SMARTS) is 1. The quantitative estimate of drug-likeness (QED) is 0.211. The molecular formula is C34H39Cl2F3N4O6S. The van der Waals surface area contributed by atoms with Gasteiger partial charge in [0.1, 0.15) is 5.75 Å². The van der Waals surface area contributed by atoms with Gasteiger partial charge in [0, 0.05) is 69.0 Å². The molecule has 3 saturated heterocycles. The lowest BCUT2D eigenvalue weighted by Crippen LogP contribution is -2.45. The Hall–Kier alpha value is -3.14. The van der Waals surface area contributed by atoms with Crippen LogP contribution in [-0.4, -0.2) is 90.9 Å². The Labute approximate surface area is 302 Å². The lowest BCUT2D eigenvalue weighted by molar-refractivity contribution is -0.192. The number of aromatic nitrogens is 1. The molecule has 3 aliphatic rings. The molecule has 0 aliphatic carbocycles. The maximum absolute atomic E-state index is 12.5. The van der Waals surface area contributed by atoms with Gasteiger partial charge in [-0.15, -0.1) is 11.3 Å². The van der Waals surface area contributed by atoms with Gasteiger partial charge in [0.25, 0.3) is 0 Å². The van der Waals surface area contributed by atoms with Crippen molar-refractivity contribution in [3.8, 4) is 17.0 Å². The van der Waals surface area contributed by atoms with Crippen LogP contribution in [0.2, 0.25) is 10.0 Å². The maximum atomic E-state index is 12.5. The summed E-state index contributed by atoms with van der Waals surface area (Å²) in [7, 11) is 0. The van der Waals surface area contributed by atoms with Crippen LogP contribution in [0.25, 0.3) is 11.3 Å². The van der Waals surface area contributed by atoms with Gasteiger partial charge in [-0.2, -0.15) is 13.2 Å². The van der Waals surface area contributed by atoms with E-state index in [1.807, 2.05) is 42.5 Å². The monoisotopic (exact) mass is 758 g/mol. The average molecular weight is 760 g/mol. The number of ether oxygens (including phenoxy) is 3. The zero-order chi connectivity index (χ0) is 35.7. The first kappa shape index (κ1) is 38.1. The Kier molecular flexibility index (Phi) is 13.2. The Morgan fingerprint density at radius 1 is 1.02 bits per heavy atom. The summed E-state index contributed by atoms with van der Waals surface area (Å²) in [5, 5.41) is 14.6. The molecule has 10 nitrogen and oxygen atoms in total. The minimum absolute atomic E-state index is 0.0911. The van der Waals surface area contributed by atoms with Crippen LogP contribution in [0.15, 0.2) is 47.8 Å². The normalized spacial score (nSPS) is 18.1. The standard InChI is InChI=1S/C32H38Cl2N4O4S.C2HF3O2/c33-27-8-3-23(20-28(27)34)21-37-13-9-25(10-14-37)35-30(39)2-1-17-40-26-6-4-24(5-7-26)29-22-43-31(36-29)38-15-11-32(12-16-38)41-18-19-42-32;3-2(4,5)1(6)7/h3-8,20,22,25H,1-2,9-19,21H2,(H,35,39);(H,6,7). The molecule has 0 atom stereocenters. The molecule has 50 heavy (non-hydrogen) atoms. The number of carbonyl (C=O) groups excluding carboxylic acids is 1. The Morgan fingerprint density at radius 3 is 2.30 bits per heavy atom. The predicted octanol–water partition coefficient (Wildman–Crippen LogP) is 7.03. The van der Waals surface area contributed by atoms with Gasteiger partial charge in [0.05, 0.1) is 35.6 Å². The number of piperidine rings is 2. The summed E-state index contributed by atoms with van der Waals surface area (Å²) in [5.41, 5.74) is 3.19. The molecule has 2 N–H and O–H groups in total. The van der Waals surface area contributed by atoms with Crippen molar-refractivity contribution in [2.24, 2.45) is 0 Å². The topological polar surface area (TPSA) is 113 Å². The van der Waals surface area contributed by atoms with Gasteiger partial charge in [0.2, 0.25) is 5.91 Å². The number of carbonyl (C=O) groups is 2. The van der Waals surface area contributed by atoms with Gasteiger partial charge >= 0.3 is 12.1 Å². The van der Waals surface area contributed by atoms with Crippen LogP contribution in [0.1, 0.15) is 44.1 Å². The third-order valence-electron chi connectivity index (χ3n) is 8.65. The molecule has 1 aromatic heterocycles. The van der Waals surface area contributed by atoms with Crippen LogP contribution in [0.4, 0.5) is 18.3 Å². The molecule has 3 fully saturated rings. The number of hydrogen-bond donors (Lipinski definition) is 2. The first-order valence-corrected chi connectivity index (χ1v) is 18.0. The lowest BCUT2D eigenvalue weighted by Gasteiger charge is -2.37. The molecule has 0 unspecified atom stereocenters. The highest BCUT2D eigenvalue weighted by molar-refractivity contribution is 7.14. The molecule has 3 aliphatic heterocycles. The number of rotatable bonds is 10. The van der Waals surface area contributed by atoms with E-state index in [1.165, 1.54) is 0 Å². The number of aliphatic carboxylic acids is 1. The first-order chi connectivity index (χ1) is 23.9. The van der Waals surface area contributed by atoms with E-state index < -0.39 is 12.1 Å². The molecule has 272 valence electrons. The smallest absolute Gasteiger partial charge is 0.490 e. The van der Waals surface area contributed by atoms with Crippen molar-refractivity contribution in [2.75, 3.05) is 50.9 Å². The van der Waals surface area contributed by atoms with E-state index in [0.29, 0.717) is 42.7 Å². The van der Waals surface area contributed by atoms with Crippen molar-refractivity contribution in [3.63, 3.8) is 0 Å². The van der Waals surface area contributed by atoms with Gasteiger partial charge in [0.15, 0.2) is 10.9 Å². The Balaban J connectivity index is 0.000000630. The van der Waals surface area contributed by atoms with Crippen LogP contribution in [0.3, 0.4) is 0 Å². The second kappa shape index (κ2) is 17.4. The minimum atomic E-state index is -5.08. The highest BCUT2D eigenvalue weighted by atomic mass is 35.5. The SMILES string of the molecule is O=C(CCCOc1ccc(-c2csc(N3CCC4(CC3)OCCO4)n2)cc1)NC1CCN(Cc2ccc(Cl)c(Cl)c2)CC1.O=C(O)C(F)(F)F. The van der Waals surface area contributed by atoms with E-state index in [9.17, 15) is 18.0 Å². The molecule has 3 aromatic rings. The maximum Gasteiger partial charge on any atom is 0.490 e. The number of nitrogens with one attached hydrogen (secondary N) is 1. The number of amides is 1. The van der Waals surface area contributed by atoms with E-state index in [2.05, 4.69) is 20.5 Å². The first-order valence-electron chi connectivity index (χ1n) is 16.4. The van der Waals surface area contributed by atoms with Gasteiger partial charge in [-0.1, -0.05) is 29.3 Å². The number of thiazole rings is 1. The second-order valence-corrected chi connectivity index (χ2v) is 13.9. The van der Waals surface area contributed by atoms with Crippen molar-refractivity contribution < 1.29 is 42.1 Å². The van der Waals surface area contributed by atoms with Crippen molar-refractivity contribution in [1.29, 1.82) is 0 Å². The van der Waals surface area contributed by atoms with Crippen molar-refractivity contribution in [2.45, 2.75) is 63.1 Å². The highest BCUT2D eigenvalue weighted by Crippen LogP contribution is 2.35. The van der Waals surface area contributed by atoms with Gasteiger partial charge < -0.3 is 29.5 Å². The Morgan fingerprint density at radius 2 is 1.68 bits per heavy atom. The summed E-state index contributed by atoms with van der Waals surface area (Å²) in [5.74, 6) is -2.24. The predicted molar refractivity (Wildman–Crippen MR) is 185 cm³/mol. The molecule has 4 heterocycles. The lowest BCUT2D eigenvalue weighted by atomic mass is 10.0. The number of likely N-dealkylation sites (tertiary alicyclic amines) is 1. The van der Waals surface area contributed by atoms with Crippen LogP contribution in [-0.2, 0) is 25.6 Å². The van der Waals surface area contributed by atoms with Crippen LogP contribution >= 0.6 is 34.5 Å². The van der Waals surface area contributed by atoms with Crippen LogP contribution in [0, 0.1) is 0 Å². The van der Waals surface area contributed by atoms with E-state index in [-0.39, 0.29) is 17.7 Å². The second-order valence-electron chi connectivity index (χ2n) is 12.3. The van der Waals surface area contributed by atoms with E-state index in [1.54, 1.807) is 11.3 Å². The molecule has 0 bridgehead atoms. The molecule has 0 saturated carbocycles. The van der Waals surface area contributed by atoms with Crippen LogP contribution < -0.4 is 15.0 Å². The van der Waals surface area contributed by atoms with Crippen molar-refractivity contribution in [1.82, 2.24) is 15.2 Å². The number of anilines is 1. The number of halogens is 5. The highest BCUT2D eigenvalue weighted by Gasteiger charge is 2.40. The number of nitrogens with zero attached hydrogens (tertiary/aromatic N) is 3. The van der Waals surface area contributed by atoms with Gasteiger partial charge in [-0.25, -0.2) is 9.78 Å². The number of hydrogen-bond acceptors (Lipinski definition) is 9. The molecule has 16 heteroatoms. The van der Waals surface area contributed by atoms with E-state index in [0.717, 1.165) is 86.1 Å². The van der Waals surface area contributed by atoms with E-state index in [4.69, 9.17) is 52.3 Å². The summed E-state index contributed by atoms with van der Waals surface area (Å²) in [6.45, 7) is 6.38. The van der Waals surface area contributed by atoms with Gasteiger partial charge in [-0.3, -0.25) is 9.69 Å². The summed E-state index contributed by atoms with van der Waals surface area (Å²) >= 11 is 13.8. The third-order valence-corrected chi connectivity index (χ3v) is 10.3. The van der Waals surface area contributed by atoms with Crippen molar-refractivity contribution >= 4 is 51.5 Å². The fraction of sp³-hybridized carbons (Fsp3) is 0.500. The molecular weight excluding hydrogens is 720 g/mol. The minimum Gasteiger partial charge on any atom is -0.494 e. The summed E-state index contributed by atoms with van der Waals surface area (Å²) in [6, 6.07) is 14.0.